The van der Waals surface area contributed by atoms with Gasteiger partial charge in [0.2, 0.25) is 0 Å². The quantitative estimate of drug-likeness (QED) is 0.448. The van der Waals surface area contributed by atoms with Gasteiger partial charge >= 0.3 is 0 Å². The Hall–Kier alpha value is -4.38. The summed E-state index contributed by atoms with van der Waals surface area (Å²) in [5, 5.41) is 5.29. The number of nitrogens with one attached hydrogen (secondary N) is 1. The van der Waals surface area contributed by atoms with E-state index >= 15 is 0 Å². The lowest BCUT2D eigenvalue weighted by Gasteiger charge is -2.15. The molecule has 0 saturated heterocycles. The molecular formula is C27H20N2O3. The normalized spacial score (nSPS) is 13.7. The number of hydrogen-bond donors (Lipinski definition) is 1. The monoisotopic (exact) mass is 420 g/mol. The molecule has 1 aliphatic heterocycles. The first-order chi connectivity index (χ1) is 15.7. The average molecular weight is 420 g/mol. The Kier molecular flexibility index (Phi) is 4.92. The van der Waals surface area contributed by atoms with E-state index in [4.69, 9.17) is 4.74 Å². The second-order valence-corrected chi connectivity index (χ2v) is 7.41. The van der Waals surface area contributed by atoms with E-state index in [-0.39, 0.29) is 17.5 Å². The fourth-order valence-corrected chi connectivity index (χ4v) is 3.95. The molecule has 1 heterocycles. The van der Waals surface area contributed by atoms with E-state index in [0.29, 0.717) is 22.6 Å². The van der Waals surface area contributed by atoms with Gasteiger partial charge in [0.1, 0.15) is 11.4 Å². The molecule has 0 aliphatic carbocycles. The zero-order valence-electron chi connectivity index (χ0n) is 17.4. The summed E-state index contributed by atoms with van der Waals surface area (Å²) in [7, 11) is 1.59. The van der Waals surface area contributed by atoms with Crippen LogP contribution in [-0.4, -0.2) is 18.9 Å². The first kappa shape index (κ1) is 19.6. The number of ether oxygens (including phenoxy) is 1. The molecule has 5 heteroatoms. The summed E-state index contributed by atoms with van der Waals surface area (Å²) in [5.41, 5.74) is 2.52. The van der Waals surface area contributed by atoms with Crippen LogP contribution in [0.3, 0.4) is 0 Å². The summed E-state index contributed by atoms with van der Waals surface area (Å²) in [5.74, 6) is -0.0799. The number of carbonyl (C=O) groups is 2. The number of anilines is 2. The first-order valence-electron chi connectivity index (χ1n) is 10.2. The first-order valence-corrected chi connectivity index (χ1v) is 10.2. The molecular weight excluding hydrogens is 400 g/mol. The molecule has 0 aromatic heterocycles. The van der Waals surface area contributed by atoms with Crippen LogP contribution in [0.1, 0.15) is 5.56 Å². The Labute approximate surface area is 185 Å². The molecule has 32 heavy (non-hydrogen) atoms. The highest BCUT2D eigenvalue weighted by Gasteiger charge is 2.40. The van der Waals surface area contributed by atoms with Gasteiger partial charge in [-0.1, -0.05) is 66.7 Å². The van der Waals surface area contributed by atoms with E-state index in [1.165, 1.54) is 4.90 Å². The fourth-order valence-electron chi connectivity index (χ4n) is 3.95. The van der Waals surface area contributed by atoms with Gasteiger partial charge in [0.15, 0.2) is 0 Å². The van der Waals surface area contributed by atoms with Crippen molar-refractivity contribution in [2.75, 3.05) is 17.3 Å². The van der Waals surface area contributed by atoms with E-state index in [2.05, 4.69) is 5.32 Å². The van der Waals surface area contributed by atoms with Crippen LogP contribution in [0.5, 0.6) is 5.75 Å². The number of amides is 2. The summed E-state index contributed by atoms with van der Waals surface area (Å²) in [6.45, 7) is 0. The molecule has 0 spiro atoms. The summed E-state index contributed by atoms with van der Waals surface area (Å²) < 4.78 is 5.25. The number of hydrogen-bond acceptors (Lipinski definition) is 4. The molecule has 0 bridgehead atoms. The maximum Gasteiger partial charge on any atom is 0.282 e. The van der Waals surface area contributed by atoms with Crippen LogP contribution in [0.25, 0.3) is 16.3 Å². The third kappa shape index (κ3) is 3.30. The Balaban J connectivity index is 1.65. The fraction of sp³-hybridized carbons (Fsp3) is 0.0370. The number of fused-ring (bicyclic) bond motifs is 1. The van der Waals surface area contributed by atoms with Crippen LogP contribution in [-0.2, 0) is 9.59 Å². The van der Waals surface area contributed by atoms with Gasteiger partial charge in [-0.05, 0) is 41.3 Å². The summed E-state index contributed by atoms with van der Waals surface area (Å²) >= 11 is 0. The van der Waals surface area contributed by atoms with E-state index in [9.17, 15) is 9.59 Å². The Morgan fingerprint density at radius 2 is 1.41 bits per heavy atom. The van der Waals surface area contributed by atoms with Crippen LogP contribution < -0.4 is 15.0 Å². The van der Waals surface area contributed by atoms with E-state index in [1.54, 1.807) is 55.6 Å². The molecule has 1 aliphatic rings. The van der Waals surface area contributed by atoms with Crippen molar-refractivity contribution in [2.24, 2.45) is 0 Å². The van der Waals surface area contributed by atoms with Crippen molar-refractivity contribution in [1.82, 2.24) is 0 Å². The lowest BCUT2D eigenvalue weighted by molar-refractivity contribution is -0.120. The van der Waals surface area contributed by atoms with Gasteiger partial charge in [-0.25, -0.2) is 4.90 Å². The minimum Gasteiger partial charge on any atom is -0.497 e. The largest absolute Gasteiger partial charge is 0.497 e. The van der Waals surface area contributed by atoms with Crippen molar-refractivity contribution in [2.45, 2.75) is 0 Å². The van der Waals surface area contributed by atoms with Crippen LogP contribution in [0, 0.1) is 0 Å². The molecule has 156 valence electrons. The van der Waals surface area contributed by atoms with Gasteiger partial charge in [0, 0.05) is 11.1 Å². The summed E-state index contributed by atoms with van der Waals surface area (Å²) in [4.78, 5) is 28.3. The van der Waals surface area contributed by atoms with Crippen LogP contribution in [0.4, 0.5) is 11.4 Å². The zero-order chi connectivity index (χ0) is 22.1. The highest BCUT2D eigenvalue weighted by molar-refractivity contribution is 6.46. The van der Waals surface area contributed by atoms with Gasteiger partial charge < -0.3 is 10.1 Å². The number of nitrogens with zero attached hydrogens (tertiary/aromatic N) is 1. The topological polar surface area (TPSA) is 58.6 Å². The molecule has 2 amide bonds. The molecule has 0 radical (unpaired) electrons. The molecule has 0 unspecified atom stereocenters. The van der Waals surface area contributed by atoms with E-state index in [0.717, 1.165) is 16.5 Å². The van der Waals surface area contributed by atoms with Crippen LogP contribution in [0.15, 0.2) is 103 Å². The minimum atomic E-state index is -0.389. The lowest BCUT2D eigenvalue weighted by Crippen LogP contribution is -2.32. The van der Waals surface area contributed by atoms with Gasteiger partial charge in [-0.2, -0.15) is 0 Å². The predicted octanol–water partition coefficient (Wildman–Crippen LogP) is 5.25. The average Bonchev–Trinajstić information content (AvgIpc) is 3.09. The highest BCUT2D eigenvalue weighted by atomic mass is 16.5. The smallest absolute Gasteiger partial charge is 0.282 e. The van der Waals surface area contributed by atoms with Crippen LogP contribution in [0.2, 0.25) is 0 Å². The second kappa shape index (κ2) is 8.04. The third-order valence-corrected chi connectivity index (χ3v) is 5.53. The van der Waals surface area contributed by atoms with Crippen molar-refractivity contribution in [1.29, 1.82) is 0 Å². The van der Waals surface area contributed by atoms with Crippen molar-refractivity contribution >= 4 is 39.5 Å². The number of imide groups is 1. The SMILES string of the molecule is COc1ccc(C2=C(Nc3cccc4ccccc34)C(=O)N(c3ccccc3)C2=O)cc1. The molecule has 4 aromatic carbocycles. The molecule has 5 nitrogen and oxygen atoms in total. The van der Waals surface area contributed by atoms with Crippen LogP contribution >= 0.6 is 0 Å². The Bertz CT molecular complexity index is 1350. The molecule has 5 rings (SSSR count). The lowest BCUT2D eigenvalue weighted by atomic mass is 10.0. The molecule has 0 fully saturated rings. The molecule has 0 atom stereocenters. The maximum absolute atomic E-state index is 13.5. The Morgan fingerprint density at radius 3 is 2.16 bits per heavy atom. The highest BCUT2D eigenvalue weighted by Crippen LogP contribution is 2.35. The maximum atomic E-state index is 13.5. The van der Waals surface area contributed by atoms with Crippen molar-refractivity contribution in [3.8, 4) is 5.75 Å². The Morgan fingerprint density at radius 1 is 0.719 bits per heavy atom. The van der Waals surface area contributed by atoms with Gasteiger partial charge in [-0.15, -0.1) is 0 Å². The number of carbonyl (C=O) groups excluding carboxylic acids is 2. The van der Waals surface area contributed by atoms with Gasteiger partial charge in [-0.3, -0.25) is 9.59 Å². The van der Waals surface area contributed by atoms with Crippen molar-refractivity contribution in [3.63, 3.8) is 0 Å². The standard InChI is InChI=1S/C27H20N2O3/c1-32-21-16-14-19(15-17-21)24-25(27(31)29(26(24)30)20-10-3-2-4-11-20)28-23-13-7-9-18-8-5-6-12-22(18)23/h2-17,28H,1H3. The minimum absolute atomic E-state index is 0.250. The molecule has 0 saturated carbocycles. The van der Waals surface area contributed by atoms with E-state index in [1.807, 2.05) is 48.5 Å². The van der Waals surface area contributed by atoms with Crippen molar-refractivity contribution < 1.29 is 14.3 Å². The van der Waals surface area contributed by atoms with Crippen molar-refractivity contribution in [3.05, 3.63) is 108 Å². The number of benzene rings is 4. The second-order valence-electron chi connectivity index (χ2n) is 7.41. The predicted molar refractivity (Wildman–Crippen MR) is 126 cm³/mol. The summed E-state index contributed by atoms with van der Waals surface area (Å²) in [6.07, 6.45) is 0. The zero-order valence-corrected chi connectivity index (χ0v) is 17.4. The molecule has 4 aromatic rings. The summed E-state index contributed by atoms with van der Waals surface area (Å²) in [6, 6.07) is 29.9. The number of rotatable bonds is 5. The van der Waals surface area contributed by atoms with E-state index < -0.39 is 0 Å². The number of para-hydroxylation sites is 1. The number of methoxy groups -OCH3 is 1. The third-order valence-electron chi connectivity index (χ3n) is 5.53. The van der Waals surface area contributed by atoms with Gasteiger partial charge in [0.05, 0.1) is 18.4 Å². The van der Waals surface area contributed by atoms with Gasteiger partial charge in [0.25, 0.3) is 11.8 Å². The molecule has 1 N–H and O–H groups in total.